The van der Waals surface area contributed by atoms with Crippen LogP contribution < -0.4 is 9.80 Å². The zero-order valence-corrected chi connectivity index (χ0v) is 16.9. The number of nitrogens with zero attached hydrogens (tertiary/aromatic N) is 4. The average Bonchev–Trinajstić information content (AvgIpc) is 3.30. The van der Waals surface area contributed by atoms with E-state index in [1.165, 1.54) is 50.9 Å². The fourth-order valence-corrected chi connectivity index (χ4v) is 5.07. The summed E-state index contributed by atoms with van der Waals surface area (Å²) in [6.45, 7) is 8.77. The minimum atomic E-state index is 0.113. The fourth-order valence-electron chi connectivity index (χ4n) is 5.07. The van der Waals surface area contributed by atoms with Gasteiger partial charge >= 0.3 is 6.03 Å². The van der Waals surface area contributed by atoms with Gasteiger partial charge in [0.15, 0.2) is 0 Å². The molecule has 1 aromatic carbocycles. The topological polar surface area (TPSA) is 30.0 Å². The van der Waals surface area contributed by atoms with Gasteiger partial charge in [0.05, 0.1) is 0 Å². The summed E-state index contributed by atoms with van der Waals surface area (Å²) < 4.78 is 0. The van der Waals surface area contributed by atoms with Gasteiger partial charge in [0.1, 0.15) is 0 Å². The Kier molecular flexibility index (Phi) is 5.58. The first-order valence-electron chi connectivity index (χ1n) is 10.8. The number of hydrogen-bond acceptors (Lipinski definition) is 3. The van der Waals surface area contributed by atoms with E-state index in [0.29, 0.717) is 0 Å². The Morgan fingerprint density at radius 1 is 1.00 bits per heavy atom. The number of piperidine rings is 1. The minimum Gasteiger partial charge on any atom is -0.371 e. The summed E-state index contributed by atoms with van der Waals surface area (Å²) in [4.78, 5) is 21.2. The standard InChI is InChI=1S/C22H34N4O/c1-3-5-18-8-11-25(17-18)19-9-12-24(13-10-19)20-6-4-7-21(16-20)26-15-14-23(2)22(26)27/h4,6-7,16,18-19H,3,5,8-15,17H2,1-2H3/t18-/m0/s1. The van der Waals surface area contributed by atoms with Gasteiger partial charge < -0.3 is 9.80 Å². The highest BCUT2D eigenvalue weighted by molar-refractivity contribution is 5.94. The van der Waals surface area contributed by atoms with E-state index in [1.54, 1.807) is 4.90 Å². The maximum absolute atomic E-state index is 12.3. The first-order chi connectivity index (χ1) is 13.2. The third-order valence-corrected chi connectivity index (χ3v) is 6.72. The lowest BCUT2D eigenvalue weighted by molar-refractivity contribution is 0.199. The van der Waals surface area contributed by atoms with Crippen molar-refractivity contribution in [1.82, 2.24) is 9.80 Å². The normalized spacial score (nSPS) is 25.0. The van der Waals surface area contributed by atoms with Gasteiger partial charge in [0.2, 0.25) is 0 Å². The molecule has 3 aliphatic rings. The number of urea groups is 1. The van der Waals surface area contributed by atoms with Crippen LogP contribution in [-0.4, -0.2) is 68.2 Å². The predicted molar refractivity (Wildman–Crippen MR) is 112 cm³/mol. The van der Waals surface area contributed by atoms with Crippen LogP contribution in [0.15, 0.2) is 24.3 Å². The Morgan fingerprint density at radius 2 is 1.78 bits per heavy atom. The highest BCUT2D eigenvalue weighted by atomic mass is 16.2. The molecule has 0 bridgehead atoms. The van der Waals surface area contributed by atoms with E-state index in [1.807, 2.05) is 11.9 Å². The van der Waals surface area contributed by atoms with Crippen LogP contribution in [0.2, 0.25) is 0 Å². The Bertz CT molecular complexity index is 655. The van der Waals surface area contributed by atoms with Crippen molar-refractivity contribution in [1.29, 1.82) is 0 Å². The molecule has 3 fully saturated rings. The van der Waals surface area contributed by atoms with Gasteiger partial charge in [-0.25, -0.2) is 4.79 Å². The maximum atomic E-state index is 12.3. The lowest BCUT2D eigenvalue weighted by atomic mass is 10.0. The van der Waals surface area contributed by atoms with Crippen LogP contribution in [0.5, 0.6) is 0 Å². The minimum absolute atomic E-state index is 0.113. The van der Waals surface area contributed by atoms with Crippen molar-refractivity contribution < 1.29 is 4.79 Å². The van der Waals surface area contributed by atoms with Crippen molar-refractivity contribution in [2.75, 3.05) is 56.1 Å². The molecule has 0 N–H and O–H groups in total. The van der Waals surface area contributed by atoms with Crippen molar-refractivity contribution >= 4 is 17.4 Å². The number of anilines is 2. The number of likely N-dealkylation sites (tertiary alicyclic amines) is 1. The molecule has 0 aromatic heterocycles. The first-order valence-corrected chi connectivity index (χ1v) is 10.8. The molecule has 0 radical (unpaired) electrons. The highest BCUT2D eigenvalue weighted by Crippen LogP contribution is 2.30. The van der Waals surface area contributed by atoms with Gasteiger partial charge in [-0.05, 0) is 56.3 Å². The monoisotopic (exact) mass is 370 g/mol. The van der Waals surface area contributed by atoms with Crippen molar-refractivity contribution in [2.24, 2.45) is 5.92 Å². The van der Waals surface area contributed by atoms with E-state index < -0.39 is 0 Å². The number of likely N-dealkylation sites (N-methyl/N-ethyl adjacent to an activating group) is 1. The molecule has 148 valence electrons. The van der Waals surface area contributed by atoms with E-state index >= 15 is 0 Å². The quantitative estimate of drug-likeness (QED) is 0.792. The van der Waals surface area contributed by atoms with Crippen molar-refractivity contribution in [3.8, 4) is 0 Å². The van der Waals surface area contributed by atoms with Gasteiger partial charge in [-0.1, -0.05) is 19.4 Å². The summed E-state index contributed by atoms with van der Waals surface area (Å²) in [7, 11) is 1.88. The third-order valence-electron chi connectivity index (χ3n) is 6.72. The Balaban J connectivity index is 1.35. The zero-order chi connectivity index (χ0) is 18.8. The summed E-state index contributed by atoms with van der Waals surface area (Å²) in [5.74, 6) is 0.931. The molecule has 3 heterocycles. The van der Waals surface area contributed by atoms with Crippen molar-refractivity contribution in [3.63, 3.8) is 0 Å². The second-order valence-electron chi connectivity index (χ2n) is 8.53. The number of carbonyl (C=O) groups is 1. The smallest absolute Gasteiger partial charge is 0.324 e. The summed E-state index contributed by atoms with van der Waals surface area (Å²) in [5, 5.41) is 0. The Morgan fingerprint density at radius 3 is 2.48 bits per heavy atom. The molecule has 0 unspecified atom stereocenters. The maximum Gasteiger partial charge on any atom is 0.324 e. The summed E-state index contributed by atoms with van der Waals surface area (Å²) >= 11 is 0. The molecular weight excluding hydrogens is 336 g/mol. The predicted octanol–water partition coefficient (Wildman–Crippen LogP) is 3.65. The van der Waals surface area contributed by atoms with Crippen LogP contribution in [0.4, 0.5) is 16.2 Å². The van der Waals surface area contributed by atoms with Gasteiger partial charge in [0.25, 0.3) is 0 Å². The number of carbonyl (C=O) groups excluding carboxylic acids is 1. The zero-order valence-electron chi connectivity index (χ0n) is 16.9. The van der Waals surface area contributed by atoms with Crippen LogP contribution in [0.25, 0.3) is 0 Å². The van der Waals surface area contributed by atoms with Gasteiger partial charge in [-0.3, -0.25) is 9.80 Å². The second-order valence-corrected chi connectivity index (χ2v) is 8.53. The van der Waals surface area contributed by atoms with Crippen LogP contribution in [-0.2, 0) is 0 Å². The average molecular weight is 371 g/mol. The summed E-state index contributed by atoms with van der Waals surface area (Å²) in [6, 6.07) is 9.43. The Hall–Kier alpha value is -1.75. The molecule has 1 aromatic rings. The lowest BCUT2D eigenvalue weighted by Crippen LogP contribution is -2.44. The molecule has 2 amide bonds. The largest absolute Gasteiger partial charge is 0.371 e. The third kappa shape index (κ3) is 3.93. The molecule has 5 nitrogen and oxygen atoms in total. The molecule has 0 spiro atoms. The fraction of sp³-hybridized carbons (Fsp3) is 0.682. The number of rotatable bonds is 5. The van der Waals surface area contributed by atoms with E-state index in [4.69, 9.17) is 0 Å². The van der Waals surface area contributed by atoms with Gasteiger partial charge in [0, 0.05) is 57.2 Å². The molecule has 5 heteroatoms. The van der Waals surface area contributed by atoms with E-state index in [2.05, 4.69) is 41.0 Å². The lowest BCUT2D eigenvalue weighted by Gasteiger charge is -2.38. The van der Waals surface area contributed by atoms with Gasteiger partial charge in [-0.15, -0.1) is 0 Å². The van der Waals surface area contributed by atoms with E-state index in [0.717, 1.165) is 43.8 Å². The molecule has 0 saturated carbocycles. The number of amides is 2. The molecule has 0 aliphatic carbocycles. The Labute approximate surface area is 163 Å². The summed E-state index contributed by atoms with van der Waals surface area (Å²) in [6.07, 6.45) is 6.63. The molecular formula is C22H34N4O. The molecule has 3 saturated heterocycles. The van der Waals surface area contributed by atoms with Crippen LogP contribution >= 0.6 is 0 Å². The van der Waals surface area contributed by atoms with Crippen LogP contribution in [0.1, 0.15) is 39.0 Å². The highest BCUT2D eigenvalue weighted by Gasteiger charge is 2.31. The van der Waals surface area contributed by atoms with Crippen molar-refractivity contribution in [3.05, 3.63) is 24.3 Å². The van der Waals surface area contributed by atoms with E-state index in [9.17, 15) is 4.79 Å². The van der Waals surface area contributed by atoms with Gasteiger partial charge in [-0.2, -0.15) is 0 Å². The molecule has 4 rings (SSSR count). The second kappa shape index (κ2) is 8.09. The van der Waals surface area contributed by atoms with Crippen molar-refractivity contribution in [2.45, 2.75) is 45.1 Å². The van der Waals surface area contributed by atoms with E-state index in [-0.39, 0.29) is 6.03 Å². The number of benzene rings is 1. The first kappa shape index (κ1) is 18.6. The molecule has 3 aliphatic heterocycles. The molecule has 27 heavy (non-hydrogen) atoms. The summed E-state index contributed by atoms with van der Waals surface area (Å²) in [5.41, 5.74) is 2.30. The molecule has 1 atom stereocenters. The van der Waals surface area contributed by atoms with Crippen LogP contribution in [0.3, 0.4) is 0 Å². The number of hydrogen-bond donors (Lipinski definition) is 0. The van der Waals surface area contributed by atoms with Crippen LogP contribution in [0, 0.1) is 5.92 Å². The SMILES string of the molecule is CCC[C@H]1CCN(C2CCN(c3cccc(N4CCN(C)C4=O)c3)CC2)C1.